The second kappa shape index (κ2) is 10.6. The van der Waals surface area contributed by atoms with Gasteiger partial charge in [0, 0.05) is 31.7 Å². The summed E-state index contributed by atoms with van der Waals surface area (Å²) in [6.07, 6.45) is 0. The molecule has 1 aliphatic rings. The van der Waals surface area contributed by atoms with Crippen LogP contribution >= 0.6 is 24.8 Å². The van der Waals surface area contributed by atoms with Gasteiger partial charge < -0.3 is 15.2 Å². The maximum Gasteiger partial charge on any atom is 0.244 e. The molecule has 1 unspecified atom stereocenters. The maximum atomic E-state index is 12.6. The van der Waals surface area contributed by atoms with E-state index in [-0.39, 0.29) is 42.2 Å². The number of carbonyl (C=O) groups is 1. The lowest BCUT2D eigenvalue weighted by molar-refractivity contribution is -0.137. The monoisotopic (exact) mass is 457 g/mol. The predicted octanol–water partition coefficient (Wildman–Crippen LogP) is 3.47. The first-order valence-electron chi connectivity index (χ1n) is 9.86. The van der Waals surface area contributed by atoms with E-state index in [1.807, 2.05) is 56.9 Å². The molecule has 9 heteroatoms. The van der Waals surface area contributed by atoms with Crippen molar-refractivity contribution in [3.05, 3.63) is 35.7 Å². The van der Waals surface area contributed by atoms with Crippen molar-refractivity contribution < 1.29 is 9.32 Å². The Hall–Kier alpha value is -1.67. The number of hydrogen-bond acceptors (Lipinski definition) is 6. The molecule has 0 spiro atoms. The fourth-order valence-electron chi connectivity index (χ4n) is 3.28. The number of amides is 1. The molecule has 7 nitrogen and oxygen atoms in total. The number of carbonyl (C=O) groups excluding carboxylic acids is 1. The molecule has 1 aliphatic heterocycles. The fraction of sp³-hybridized carbons (Fsp3) is 0.571. The van der Waals surface area contributed by atoms with E-state index < -0.39 is 6.04 Å². The highest BCUT2D eigenvalue weighted by Crippen LogP contribution is 2.25. The van der Waals surface area contributed by atoms with Crippen LogP contribution in [-0.2, 0) is 4.79 Å². The number of aryl methyl sites for hydroxylation is 1. The van der Waals surface area contributed by atoms with E-state index in [2.05, 4.69) is 22.0 Å². The highest BCUT2D eigenvalue weighted by Gasteiger charge is 2.34. The van der Waals surface area contributed by atoms with Crippen molar-refractivity contribution in [2.45, 2.75) is 46.7 Å². The van der Waals surface area contributed by atoms with E-state index >= 15 is 0 Å². The summed E-state index contributed by atoms with van der Waals surface area (Å²) in [6, 6.07) is 7.58. The average molecular weight is 458 g/mol. The summed E-state index contributed by atoms with van der Waals surface area (Å²) in [6.45, 7) is 12.9. The highest BCUT2D eigenvalue weighted by atomic mass is 35.5. The van der Waals surface area contributed by atoms with Crippen LogP contribution in [0.25, 0.3) is 11.4 Å². The Morgan fingerprint density at radius 3 is 2.20 bits per heavy atom. The first-order valence-corrected chi connectivity index (χ1v) is 9.86. The number of benzene rings is 1. The molecular formula is C21H33Cl2N5O2. The van der Waals surface area contributed by atoms with Gasteiger partial charge in [0.25, 0.3) is 0 Å². The molecule has 2 aromatic rings. The Bertz CT molecular complexity index is 812. The number of aromatic nitrogens is 2. The largest absolute Gasteiger partial charge is 0.339 e. The van der Waals surface area contributed by atoms with Gasteiger partial charge in [-0.3, -0.25) is 9.69 Å². The van der Waals surface area contributed by atoms with Crippen LogP contribution in [0.5, 0.6) is 0 Å². The standard InChI is InChI=1S/C21H31N5O2.2ClH/c1-14-6-8-16(9-7-14)18-23-19(28-24-18)15(2)25-10-12-26(13-11-25)20(27)17(22)21(3,4)5;;/h6-9,15,17H,10-13,22H2,1-5H3;2*1H/t15?,17-;;/m1../s1. The lowest BCUT2D eigenvalue weighted by atomic mass is 9.86. The molecule has 1 amide bonds. The molecule has 0 radical (unpaired) electrons. The lowest BCUT2D eigenvalue weighted by Gasteiger charge is -2.39. The fourth-order valence-corrected chi connectivity index (χ4v) is 3.28. The minimum atomic E-state index is -0.482. The molecule has 1 aromatic carbocycles. The molecule has 3 rings (SSSR count). The molecule has 168 valence electrons. The summed E-state index contributed by atoms with van der Waals surface area (Å²) in [5.74, 6) is 1.23. The number of piperazine rings is 1. The Labute approximate surface area is 191 Å². The summed E-state index contributed by atoms with van der Waals surface area (Å²) in [5, 5.41) is 4.13. The summed E-state index contributed by atoms with van der Waals surface area (Å²) in [7, 11) is 0. The Morgan fingerprint density at radius 1 is 1.10 bits per heavy atom. The molecule has 2 atom stereocenters. The molecule has 0 bridgehead atoms. The minimum absolute atomic E-state index is 0. The summed E-state index contributed by atoms with van der Waals surface area (Å²) in [5.41, 5.74) is 8.04. The zero-order valence-corrected chi connectivity index (χ0v) is 19.9. The first kappa shape index (κ1) is 26.4. The van der Waals surface area contributed by atoms with Gasteiger partial charge in [0.15, 0.2) is 0 Å². The maximum absolute atomic E-state index is 12.6. The van der Waals surface area contributed by atoms with E-state index in [0.717, 1.165) is 18.7 Å². The van der Waals surface area contributed by atoms with Gasteiger partial charge in [0.2, 0.25) is 17.6 Å². The third kappa shape index (κ3) is 5.94. The molecule has 2 N–H and O–H groups in total. The van der Waals surface area contributed by atoms with E-state index in [1.54, 1.807) is 0 Å². The molecule has 2 heterocycles. The van der Waals surface area contributed by atoms with Gasteiger partial charge in [-0.2, -0.15) is 4.98 Å². The van der Waals surface area contributed by atoms with Crippen molar-refractivity contribution >= 4 is 30.7 Å². The third-order valence-electron chi connectivity index (χ3n) is 5.48. The van der Waals surface area contributed by atoms with Gasteiger partial charge in [0.05, 0.1) is 12.1 Å². The van der Waals surface area contributed by atoms with Crippen LogP contribution in [0.2, 0.25) is 0 Å². The number of rotatable bonds is 4. The minimum Gasteiger partial charge on any atom is -0.339 e. The quantitative estimate of drug-likeness (QED) is 0.755. The van der Waals surface area contributed by atoms with Crippen molar-refractivity contribution in [3.8, 4) is 11.4 Å². The molecule has 1 fully saturated rings. The first-order chi connectivity index (χ1) is 13.2. The van der Waals surface area contributed by atoms with Crippen LogP contribution in [0.1, 0.15) is 45.2 Å². The number of nitrogens with zero attached hydrogens (tertiary/aromatic N) is 4. The summed E-state index contributed by atoms with van der Waals surface area (Å²) >= 11 is 0. The SMILES string of the molecule is Cc1ccc(-c2noc(C(C)N3CCN(C(=O)[C@@H](N)C(C)(C)C)CC3)n2)cc1.Cl.Cl. The normalized spacial score (nSPS) is 16.9. The summed E-state index contributed by atoms with van der Waals surface area (Å²) in [4.78, 5) is 21.3. The molecule has 30 heavy (non-hydrogen) atoms. The third-order valence-corrected chi connectivity index (χ3v) is 5.48. The van der Waals surface area contributed by atoms with Crippen molar-refractivity contribution in [2.24, 2.45) is 11.1 Å². The zero-order chi connectivity index (χ0) is 20.5. The molecule has 0 saturated carbocycles. The molecule has 1 saturated heterocycles. The van der Waals surface area contributed by atoms with Crippen molar-refractivity contribution in [3.63, 3.8) is 0 Å². The lowest BCUT2D eigenvalue weighted by Crippen LogP contribution is -2.56. The van der Waals surface area contributed by atoms with Crippen molar-refractivity contribution in [1.29, 1.82) is 0 Å². The van der Waals surface area contributed by atoms with E-state index in [4.69, 9.17) is 10.3 Å². The van der Waals surface area contributed by atoms with Gasteiger partial charge in [-0.1, -0.05) is 55.8 Å². The zero-order valence-electron chi connectivity index (χ0n) is 18.3. The van der Waals surface area contributed by atoms with E-state index in [9.17, 15) is 4.79 Å². The molecular weight excluding hydrogens is 425 g/mol. The average Bonchev–Trinajstić information content (AvgIpc) is 3.16. The van der Waals surface area contributed by atoms with E-state index in [0.29, 0.717) is 24.8 Å². The van der Waals surface area contributed by atoms with Gasteiger partial charge in [0.1, 0.15) is 0 Å². The second-order valence-electron chi connectivity index (χ2n) is 8.70. The Balaban J connectivity index is 0.00000225. The van der Waals surface area contributed by atoms with Gasteiger partial charge in [-0.15, -0.1) is 24.8 Å². The Morgan fingerprint density at radius 2 is 1.67 bits per heavy atom. The molecule has 1 aromatic heterocycles. The summed E-state index contributed by atoms with van der Waals surface area (Å²) < 4.78 is 5.52. The van der Waals surface area contributed by atoms with Gasteiger partial charge >= 0.3 is 0 Å². The highest BCUT2D eigenvalue weighted by molar-refractivity contribution is 5.85. The van der Waals surface area contributed by atoms with Gasteiger partial charge in [-0.25, -0.2) is 0 Å². The number of nitrogens with two attached hydrogens (primary N) is 1. The van der Waals surface area contributed by atoms with Crippen molar-refractivity contribution in [1.82, 2.24) is 19.9 Å². The Kier molecular flexibility index (Phi) is 9.29. The van der Waals surface area contributed by atoms with Crippen LogP contribution in [0.3, 0.4) is 0 Å². The number of halogens is 2. The van der Waals surface area contributed by atoms with Crippen molar-refractivity contribution in [2.75, 3.05) is 26.2 Å². The van der Waals surface area contributed by atoms with Crippen LogP contribution < -0.4 is 5.73 Å². The van der Waals surface area contributed by atoms with Gasteiger partial charge in [-0.05, 0) is 19.3 Å². The van der Waals surface area contributed by atoms with Crippen LogP contribution in [0.4, 0.5) is 0 Å². The smallest absolute Gasteiger partial charge is 0.244 e. The number of hydrogen-bond donors (Lipinski definition) is 1. The van der Waals surface area contributed by atoms with Crippen LogP contribution in [-0.4, -0.2) is 58.1 Å². The van der Waals surface area contributed by atoms with Crippen LogP contribution in [0.15, 0.2) is 28.8 Å². The van der Waals surface area contributed by atoms with Crippen LogP contribution in [0, 0.1) is 12.3 Å². The topological polar surface area (TPSA) is 88.5 Å². The van der Waals surface area contributed by atoms with E-state index in [1.165, 1.54) is 5.56 Å². The predicted molar refractivity (Wildman–Crippen MR) is 123 cm³/mol. The second-order valence-corrected chi connectivity index (χ2v) is 8.70. The molecule has 0 aliphatic carbocycles.